The Balaban J connectivity index is 1.48. The summed E-state index contributed by atoms with van der Waals surface area (Å²) in [7, 11) is 0. The summed E-state index contributed by atoms with van der Waals surface area (Å²) in [5.41, 5.74) is 8.50. The molecule has 0 atom stereocenters. The van der Waals surface area contributed by atoms with E-state index in [1.165, 1.54) is 5.56 Å². The second-order valence-electron chi connectivity index (χ2n) is 7.94. The van der Waals surface area contributed by atoms with Crippen molar-refractivity contribution < 1.29 is 9.59 Å². The third-order valence-corrected chi connectivity index (χ3v) is 5.70. The first kappa shape index (κ1) is 20.4. The number of carbonyl (C=O) groups is 2. The minimum Gasteiger partial charge on any atom is -0.352 e. The van der Waals surface area contributed by atoms with E-state index in [2.05, 4.69) is 24.5 Å². The Morgan fingerprint density at radius 3 is 2.21 bits per heavy atom. The number of hydrogen-bond acceptors (Lipinski definition) is 3. The van der Waals surface area contributed by atoms with Gasteiger partial charge in [-0.15, -0.1) is 0 Å². The Hall–Kier alpha value is -2.37. The van der Waals surface area contributed by atoms with E-state index in [0.29, 0.717) is 16.3 Å². The third kappa shape index (κ3) is 4.54. The average Bonchev–Trinajstić information content (AvgIpc) is 3.46. The summed E-state index contributed by atoms with van der Waals surface area (Å²) in [6.07, 6.45) is 2.34. The van der Waals surface area contributed by atoms with Gasteiger partial charge < -0.3 is 16.4 Å². The van der Waals surface area contributed by atoms with Crippen molar-refractivity contribution in [2.75, 3.05) is 11.9 Å². The van der Waals surface area contributed by atoms with Crippen LogP contribution in [0.1, 0.15) is 49.0 Å². The van der Waals surface area contributed by atoms with Crippen molar-refractivity contribution in [3.05, 3.63) is 64.7 Å². The fourth-order valence-electron chi connectivity index (χ4n) is 3.52. The molecule has 0 radical (unpaired) electrons. The number of anilines is 1. The van der Waals surface area contributed by atoms with Crippen LogP contribution in [-0.2, 0) is 10.2 Å². The molecule has 1 aliphatic carbocycles. The van der Waals surface area contributed by atoms with Crippen LogP contribution in [0.3, 0.4) is 0 Å². The number of hydrogen-bond donors (Lipinski definition) is 3. The molecule has 28 heavy (non-hydrogen) atoms. The summed E-state index contributed by atoms with van der Waals surface area (Å²) in [5, 5.41) is 6.16. The van der Waals surface area contributed by atoms with Gasteiger partial charge in [0.25, 0.3) is 5.91 Å². The lowest BCUT2D eigenvalue weighted by Gasteiger charge is -2.31. The molecule has 0 aliphatic heterocycles. The Bertz CT molecular complexity index is 851. The SMILES string of the molecule is CC(C)(N)C1(c2ccc(C(=O)NCCC(=O)Nc3ccc(Cl)cc3)cc2)CC1. The van der Waals surface area contributed by atoms with E-state index in [0.717, 1.165) is 12.8 Å². The van der Waals surface area contributed by atoms with Crippen molar-refractivity contribution in [2.45, 2.75) is 44.1 Å². The number of amides is 2. The fraction of sp³-hybridized carbons (Fsp3) is 0.364. The molecule has 0 heterocycles. The van der Waals surface area contributed by atoms with Crippen molar-refractivity contribution in [1.82, 2.24) is 5.32 Å². The predicted octanol–water partition coefficient (Wildman–Crippen LogP) is 3.87. The zero-order chi connectivity index (χ0) is 20.4. The highest BCUT2D eigenvalue weighted by atomic mass is 35.5. The van der Waals surface area contributed by atoms with E-state index in [4.69, 9.17) is 17.3 Å². The molecule has 0 unspecified atom stereocenters. The largest absolute Gasteiger partial charge is 0.352 e. The van der Waals surface area contributed by atoms with Crippen LogP contribution in [0.2, 0.25) is 5.02 Å². The summed E-state index contributed by atoms with van der Waals surface area (Å²) in [5.74, 6) is -0.360. The molecule has 1 fully saturated rings. The molecule has 4 N–H and O–H groups in total. The van der Waals surface area contributed by atoms with Gasteiger partial charge in [0, 0.05) is 40.2 Å². The predicted molar refractivity (Wildman–Crippen MR) is 113 cm³/mol. The van der Waals surface area contributed by atoms with Crippen molar-refractivity contribution in [1.29, 1.82) is 0 Å². The smallest absolute Gasteiger partial charge is 0.251 e. The number of rotatable bonds is 7. The van der Waals surface area contributed by atoms with Crippen LogP contribution in [0.4, 0.5) is 5.69 Å². The normalized spacial score (nSPS) is 15.0. The molecule has 0 aromatic heterocycles. The first-order chi connectivity index (χ1) is 13.2. The number of nitrogens with one attached hydrogen (secondary N) is 2. The molecule has 6 heteroatoms. The second-order valence-corrected chi connectivity index (χ2v) is 8.38. The molecule has 1 saturated carbocycles. The Morgan fingerprint density at radius 1 is 1.07 bits per heavy atom. The summed E-state index contributed by atoms with van der Waals surface area (Å²) in [6.45, 7) is 4.37. The standard InChI is InChI=1S/C22H26ClN3O2/c1-21(2,24)22(12-13-22)16-5-3-15(4-6-16)20(28)25-14-11-19(27)26-18-9-7-17(23)8-10-18/h3-10H,11-14,24H2,1-2H3,(H,25,28)(H,26,27). The highest BCUT2D eigenvalue weighted by molar-refractivity contribution is 6.30. The molecule has 3 rings (SSSR count). The molecular weight excluding hydrogens is 374 g/mol. The lowest BCUT2D eigenvalue weighted by molar-refractivity contribution is -0.116. The highest BCUT2D eigenvalue weighted by Gasteiger charge is 2.53. The fourth-order valence-corrected chi connectivity index (χ4v) is 3.64. The lowest BCUT2D eigenvalue weighted by atomic mass is 9.79. The van der Waals surface area contributed by atoms with Gasteiger partial charge in [0.1, 0.15) is 0 Å². The number of carbonyl (C=O) groups excluding carboxylic acids is 2. The summed E-state index contributed by atoms with van der Waals surface area (Å²) >= 11 is 5.82. The van der Waals surface area contributed by atoms with Crippen LogP contribution >= 0.6 is 11.6 Å². The van der Waals surface area contributed by atoms with Gasteiger partial charge in [0.05, 0.1) is 0 Å². The maximum atomic E-state index is 12.3. The maximum Gasteiger partial charge on any atom is 0.251 e. The lowest BCUT2D eigenvalue weighted by Crippen LogP contribution is -2.45. The monoisotopic (exact) mass is 399 g/mol. The van der Waals surface area contributed by atoms with Crippen LogP contribution in [-0.4, -0.2) is 23.9 Å². The van der Waals surface area contributed by atoms with E-state index < -0.39 is 0 Å². The van der Waals surface area contributed by atoms with Crippen molar-refractivity contribution in [3.63, 3.8) is 0 Å². The summed E-state index contributed by atoms with van der Waals surface area (Å²) < 4.78 is 0. The number of benzene rings is 2. The molecule has 1 aliphatic rings. The van der Waals surface area contributed by atoms with E-state index in [1.807, 2.05) is 24.3 Å². The molecule has 0 bridgehead atoms. The Morgan fingerprint density at radius 2 is 1.68 bits per heavy atom. The van der Waals surface area contributed by atoms with Gasteiger partial charge in [-0.3, -0.25) is 9.59 Å². The van der Waals surface area contributed by atoms with Crippen LogP contribution < -0.4 is 16.4 Å². The minimum atomic E-state index is -0.284. The Labute approximate surface area is 170 Å². The van der Waals surface area contributed by atoms with Crippen molar-refractivity contribution >= 4 is 29.1 Å². The first-order valence-electron chi connectivity index (χ1n) is 9.44. The zero-order valence-electron chi connectivity index (χ0n) is 16.2. The van der Waals surface area contributed by atoms with Crippen LogP contribution in [0.5, 0.6) is 0 Å². The van der Waals surface area contributed by atoms with Gasteiger partial charge in [0.15, 0.2) is 0 Å². The Kier molecular flexibility index (Phi) is 5.77. The third-order valence-electron chi connectivity index (χ3n) is 5.45. The first-order valence-corrected chi connectivity index (χ1v) is 9.82. The molecule has 148 valence electrons. The van der Waals surface area contributed by atoms with Crippen LogP contribution in [0.15, 0.2) is 48.5 Å². The van der Waals surface area contributed by atoms with Crippen molar-refractivity contribution in [2.24, 2.45) is 5.73 Å². The molecule has 2 aromatic carbocycles. The summed E-state index contributed by atoms with van der Waals surface area (Å²) in [6, 6.07) is 14.5. The van der Waals surface area contributed by atoms with E-state index >= 15 is 0 Å². The van der Waals surface area contributed by atoms with Gasteiger partial charge in [-0.05, 0) is 68.7 Å². The minimum absolute atomic E-state index is 0.0156. The van der Waals surface area contributed by atoms with Crippen molar-refractivity contribution in [3.8, 4) is 0 Å². The molecular formula is C22H26ClN3O2. The zero-order valence-corrected chi connectivity index (χ0v) is 17.0. The van der Waals surface area contributed by atoms with Crippen LogP contribution in [0.25, 0.3) is 0 Å². The van der Waals surface area contributed by atoms with Gasteiger partial charge >= 0.3 is 0 Å². The van der Waals surface area contributed by atoms with Gasteiger partial charge in [0.2, 0.25) is 5.91 Å². The van der Waals surface area contributed by atoms with Gasteiger partial charge in [-0.2, -0.15) is 0 Å². The average molecular weight is 400 g/mol. The topological polar surface area (TPSA) is 84.2 Å². The number of halogens is 1. The van der Waals surface area contributed by atoms with Gasteiger partial charge in [-0.1, -0.05) is 23.7 Å². The number of nitrogens with two attached hydrogens (primary N) is 1. The van der Waals surface area contributed by atoms with Gasteiger partial charge in [-0.25, -0.2) is 0 Å². The molecule has 5 nitrogen and oxygen atoms in total. The summed E-state index contributed by atoms with van der Waals surface area (Å²) in [4.78, 5) is 24.3. The van der Waals surface area contributed by atoms with Crippen LogP contribution in [0, 0.1) is 0 Å². The quantitative estimate of drug-likeness (QED) is 0.660. The second kappa shape index (κ2) is 7.94. The van der Waals surface area contributed by atoms with E-state index in [9.17, 15) is 9.59 Å². The molecule has 2 aromatic rings. The molecule has 2 amide bonds. The molecule has 0 spiro atoms. The van der Waals surface area contributed by atoms with E-state index in [1.54, 1.807) is 24.3 Å². The molecule has 0 saturated heterocycles. The highest BCUT2D eigenvalue weighted by Crippen LogP contribution is 2.54. The van der Waals surface area contributed by atoms with E-state index in [-0.39, 0.29) is 35.7 Å². The maximum absolute atomic E-state index is 12.3.